The highest BCUT2D eigenvalue weighted by Gasteiger charge is 2.32. The third-order valence-corrected chi connectivity index (χ3v) is 5.23. The van der Waals surface area contributed by atoms with Crippen LogP contribution in [0.25, 0.3) is 0 Å². The Hall–Kier alpha value is -0.860. The van der Waals surface area contributed by atoms with E-state index in [2.05, 4.69) is 56.4 Å². The summed E-state index contributed by atoms with van der Waals surface area (Å²) in [7, 11) is 0. The number of benzene rings is 1. The highest BCUT2D eigenvalue weighted by molar-refractivity contribution is 5.14. The summed E-state index contributed by atoms with van der Waals surface area (Å²) in [6, 6.07) is 11.1. The minimum absolute atomic E-state index is 0.459. The largest absolute Gasteiger partial charge is 0.329 e. The molecule has 0 heterocycles. The molecule has 118 valence electrons. The van der Waals surface area contributed by atoms with Crippen molar-refractivity contribution in [3.05, 3.63) is 35.9 Å². The van der Waals surface area contributed by atoms with Crippen LogP contribution in [0.3, 0.4) is 0 Å². The van der Waals surface area contributed by atoms with Crippen LogP contribution >= 0.6 is 0 Å². The molecule has 1 aliphatic carbocycles. The molecule has 0 amide bonds. The topological polar surface area (TPSA) is 38.0 Å². The molecule has 0 aromatic heterocycles. The molecular weight excluding hydrogens is 256 g/mol. The zero-order valence-corrected chi connectivity index (χ0v) is 13.9. The van der Waals surface area contributed by atoms with Gasteiger partial charge in [-0.05, 0) is 48.5 Å². The van der Waals surface area contributed by atoms with Crippen molar-refractivity contribution in [2.75, 3.05) is 6.54 Å². The Balaban J connectivity index is 1.82. The molecule has 1 aromatic carbocycles. The Labute approximate surface area is 130 Å². The summed E-state index contributed by atoms with van der Waals surface area (Å²) < 4.78 is 0. The van der Waals surface area contributed by atoms with Crippen LogP contribution in [-0.4, -0.2) is 12.6 Å². The smallest absolute Gasteiger partial charge is 0.0221 e. The molecular formula is C19H32N2. The van der Waals surface area contributed by atoms with Gasteiger partial charge in [-0.25, -0.2) is 0 Å². The SMILES string of the molecule is CC(C)(C)C1CCC(C(CN)NCc2ccccc2)CC1. The summed E-state index contributed by atoms with van der Waals surface area (Å²) in [5.74, 6) is 1.62. The molecule has 1 unspecified atom stereocenters. The predicted octanol–water partition coefficient (Wildman–Crippen LogP) is 3.96. The summed E-state index contributed by atoms with van der Waals surface area (Å²) in [6.07, 6.45) is 5.37. The number of rotatable bonds is 5. The van der Waals surface area contributed by atoms with Gasteiger partial charge in [0, 0.05) is 19.1 Å². The molecule has 2 heteroatoms. The first-order valence-corrected chi connectivity index (χ1v) is 8.48. The first-order chi connectivity index (χ1) is 10.0. The van der Waals surface area contributed by atoms with Crippen molar-refractivity contribution >= 4 is 0 Å². The van der Waals surface area contributed by atoms with Crippen LogP contribution in [0.15, 0.2) is 30.3 Å². The van der Waals surface area contributed by atoms with Gasteiger partial charge in [-0.3, -0.25) is 0 Å². The second-order valence-electron chi connectivity index (χ2n) is 7.69. The molecule has 2 rings (SSSR count). The lowest BCUT2D eigenvalue weighted by Crippen LogP contribution is -2.43. The van der Waals surface area contributed by atoms with Gasteiger partial charge in [0.1, 0.15) is 0 Å². The van der Waals surface area contributed by atoms with Crippen LogP contribution in [0.1, 0.15) is 52.0 Å². The average Bonchev–Trinajstić information content (AvgIpc) is 2.48. The highest BCUT2D eigenvalue weighted by Crippen LogP contribution is 2.40. The summed E-state index contributed by atoms with van der Waals surface area (Å²) in [6.45, 7) is 8.82. The van der Waals surface area contributed by atoms with Gasteiger partial charge < -0.3 is 11.1 Å². The van der Waals surface area contributed by atoms with Crippen molar-refractivity contribution in [2.24, 2.45) is 23.0 Å². The van der Waals surface area contributed by atoms with Crippen molar-refractivity contribution < 1.29 is 0 Å². The Morgan fingerprint density at radius 2 is 1.71 bits per heavy atom. The third kappa shape index (κ3) is 4.82. The maximum absolute atomic E-state index is 6.03. The molecule has 3 N–H and O–H groups in total. The van der Waals surface area contributed by atoms with Crippen LogP contribution in [0.5, 0.6) is 0 Å². The van der Waals surface area contributed by atoms with Crippen LogP contribution < -0.4 is 11.1 Å². The molecule has 1 fully saturated rings. The number of hydrogen-bond acceptors (Lipinski definition) is 2. The zero-order chi connectivity index (χ0) is 15.3. The molecule has 0 spiro atoms. The Morgan fingerprint density at radius 1 is 1.10 bits per heavy atom. The maximum Gasteiger partial charge on any atom is 0.0221 e. The molecule has 1 aromatic rings. The molecule has 1 aliphatic rings. The van der Waals surface area contributed by atoms with E-state index in [0.29, 0.717) is 11.5 Å². The first-order valence-electron chi connectivity index (χ1n) is 8.48. The van der Waals surface area contributed by atoms with E-state index in [1.165, 1.54) is 31.2 Å². The number of nitrogens with two attached hydrogens (primary N) is 1. The van der Waals surface area contributed by atoms with E-state index in [9.17, 15) is 0 Å². The molecule has 0 radical (unpaired) electrons. The highest BCUT2D eigenvalue weighted by atomic mass is 14.9. The molecule has 0 aliphatic heterocycles. The van der Waals surface area contributed by atoms with E-state index in [1.807, 2.05) is 0 Å². The van der Waals surface area contributed by atoms with E-state index in [1.54, 1.807) is 0 Å². The molecule has 1 saturated carbocycles. The predicted molar refractivity (Wildman–Crippen MR) is 91.0 cm³/mol. The molecule has 0 bridgehead atoms. The lowest BCUT2D eigenvalue weighted by atomic mass is 9.68. The number of nitrogens with one attached hydrogen (secondary N) is 1. The van der Waals surface area contributed by atoms with Crippen LogP contribution in [0.2, 0.25) is 0 Å². The zero-order valence-electron chi connectivity index (χ0n) is 13.9. The van der Waals surface area contributed by atoms with Crippen molar-refractivity contribution in [1.82, 2.24) is 5.32 Å². The third-order valence-electron chi connectivity index (χ3n) is 5.23. The lowest BCUT2D eigenvalue weighted by Gasteiger charge is -2.39. The second-order valence-corrected chi connectivity index (χ2v) is 7.69. The first kappa shape index (κ1) is 16.5. The minimum atomic E-state index is 0.459. The van der Waals surface area contributed by atoms with E-state index >= 15 is 0 Å². The van der Waals surface area contributed by atoms with E-state index in [-0.39, 0.29) is 0 Å². The quantitative estimate of drug-likeness (QED) is 0.861. The van der Waals surface area contributed by atoms with Crippen molar-refractivity contribution in [3.8, 4) is 0 Å². The Kier molecular flexibility index (Phi) is 5.83. The van der Waals surface area contributed by atoms with Crippen molar-refractivity contribution in [3.63, 3.8) is 0 Å². The summed E-state index contributed by atoms with van der Waals surface area (Å²) in [4.78, 5) is 0. The normalized spacial score (nSPS) is 24.8. The summed E-state index contributed by atoms with van der Waals surface area (Å²) >= 11 is 0. The Bertz CT molecular complexity index is 399. The van der Waals surface area contributed by atoms with Crippen LogP contribution in [-0.2, 0) is 6.54 Å². The number of hydrogen-bond donors (Lipinski definition) is 2. The van der Waals surface area contributed by atoms with Crippen molar-refractivity contribution in [1.29, 1.82) is 0 Å². The van der Waals surface area contributed by atoms with E-state index in [0.717, 1.165) is 24.9 Å². The van der Waals surface area contributed by atoms with Crippen LogP contribution in [0, 0.1) is 17.3 Å². The van der Waals surface area contributed by atoms with E-state index in [4.69, 9.17) is 5.73 Å². The molecule has 1 atom stereocenters. The van der Waals surface area contributed by atoms with Crippen LogP contribution in [0.4, 0.5) is 0 Å². The summed E-state index contributed by atoms with van der Waals surface area (Å²) in [5.41, 5.74) is 7.83. The summed E-state index contributed by atoms with van der Waals surface area (Å²) in [5, 5.41) is 3.68. The monoisotopic (exact) mass is 288 g/mol. The fraction of sp³-hybridized carbons (Fsp3) is 0.684. The maximum atomic E-state index is 6.03. The fourth-order valence-corrected chi connectivity index (χ4v) is 3.67. The van der Waals surface area contributed by atoms with Gasteiger partial charge in [-0.2, -0.15) is 0 Å². The van der Waals surface area contributed by atoms with Gasteiger partial charge >= 0.3 is 0 Å². The molecule has 21 heavy (non-hydrogen) atoms. The van der Waals surface area contributed by atoms with Crippen molar-refractivity contribution in [2.45, 2.75) is 59.0 Å². The minimum Gasteiger partial charge on any atom is -0.329 e. The molecule has 2 nitrogen and oxygen atoms in total. The van der Waals surface area contributed by atoms with Gasteiger partial charge in [0.05, 0.1) is 0 Å². The fourth-order valence-electron chi connectivity index (χ4n) is 3.67. The van der Waals surface area contributed by atoms with E-state index < -0.39 is 0 Å². The lowest BCUT2D eigenvalue weighted by molar-refractivity contribution is 0.133. The Morgan fingerprint density at radius 3 is 2.24 bits per heavy atom. The van der Waals surface area contributed by atoms with Gasteiger partial charge in [-0.1, -0.05) is 51.1 Å². The average molecular weight is 288 g/mol. The van der Waals surface area contributed by atoms with Gasteiger partial charge in [0.15, 0.2) is 0 Å². The standard InChI is InChI=1S/C19H32N2/c1-19(2,3)17-11-9-16(10-12-17)18(13-20)21-14-15-7-5-4-6-8-15/h4-8,16-18,21H,9-14,20H2,1-3H3. The van der Waals surface area contributed by atoms with Gasteiger partial charge in [-0.15, -0.1) is 0 Å². The van der Waals surface area contributed by atoms with Gasteiger partial charge in [0.2, 0.25) is 0 Å². The second kappa shape index (κ2) is 7.42. The van der Waals surface area contributed by atoms with Gasteiger partial charge in [0.25, 0.3) is 0 Å². The molecule has 0 saturated heterocycles.